The third-order valence-corrected chi connectivity index (χ3v) is 2.05. The summed E-state index contributed by atoms with van der Waals surface area (Å²) in [6.07, 6.45) is 1.35. The molecule has 5 nitrogen and oxygen atoms in total. The zero-order chi connectivity index (χ0) is 11.7. The average Bonchev–Trinajstić information content (AvgIpc) is 2.25. The number of hydrogen-bond donors (Lipinski definition) is 0. The van der Waals surface area contributed by atoms with Crippen molar-refractivity contribution in [2.75, 3.05) is 34.4 Å². The highest BCUT2D eigenvalue weighted by atomic mass is 16.5. The van der Waals surface area contributed by atoms with E-state index in [0.717, 1.165) is 0 Å². The molecule has 0 N–H and O–H groups in total. The van der Waals surface area contributed by atoms with Gasteiger partial charge in [0, 0.05) is 27.1 Å². The van der Waals surface area contributed by atoms with Crippen LogP contribution in [0.25, 0.3) is 0 Å². The first kappa shape index (κ1) is 13.9. The van der Waals surface area contributed by atoms with Crippen LogP contribution in [0.15, 0.2) is 0 Å². The van der Waals surface area contributed by atoms with Gasteiger partial charge in [-0.05, 0) is 6.42 Å². The molecule has 0 unspecified atom stereocenters. The minimum Gasteiger partial charge on any atom is -0.469 e. The summed E-state index contributed by atoms with van der Waals surface area (Å²) in [5, 5.41) is 0. The molecule has 0 aromatic rings. The Labute approximate surface area is 90.3 Å². The molecule has 0 fully saturated rings. The first-order valence-corrected chi connectivity index (χ1v) is 4.91. The SMILES string of the molecule is COCCC(=O)N(C)CCCC(=O)OC. The van der Waals surface area contributed by atoms with Crippen molar-refractivity contribution in [2.24, 2.45) is 0 Å². The molecule has 0 saturated heterocycles. The van der Waals surface area contributed by atoms with Gasteiger partial charge in [0.25, 0.3) is 0 Å². The zero-order valence-electron chi connectivity index (χ0n) is 9.62. The standard InChI is InChI=1S/C10H19NO4/c1-11(9(12)6-8-14-2)7-4-5-10(13)15-3/h4-8H2,1-3H3. The number of hydrogen-bond acceptors (Lipinski definition) is 4. The third kappa shape index (κ3) is 6.90. The number of nitrogens with zero attached hydrogens (tertiary/aromatic N) is 1. The van der Waals surface area contributed by atoms with E-state index in [4.69, 9.17) is 4.74 Å². The summed E-state index contributed by atoms with van der Waals surface area (Å²) in [6.45, 7) is 0.998. The van der Waals surface area contributed by atoms with Crippen LogP contribution in [0.3, 0.4) is 0 Å². The maximum absolute atomic E-state index is 11.4. The normalized spacial score (nSPS) is 9.80. The quantitative estimate of drug-likeness (QED) is 0.580. The fourth-order valence-corrected chi connectivity index (χ4v) is 1.07. The molecule has 0 saturated carbocycles. The number of ether oxygens (including phenoxy) is 2. The van der Waals surface area contributed by atoms with Crippen molar-refractivity contribution in [3.05, 3.63) is 0 Å². The zero-order valence-corrected chi connectivity index (χ0v) is 9.62. The summed E-state index contributed by atoms with van der Waals surface area (Å²) in [4.78, 5) is 23.8. The van der Waals surface area contributed by atoms with Crippen molar-refractivity contribution in [2.45, 2.75) is 19.3 Å². The lowest BCUT2D eigenvalue weighted by molar-refractivity contribution is -0.141. The van der Waals surface area contributed by atoms with Gasteiger partial charge in [0.05, 0.1) is 20.1 Å². The molecular formula is C10H19NO4. The van der Waals surface area contributed by atoms with Gasteiger partial charge in [-0.1, -0.05) is 0 Å². The fraction of sp³-hybridized carbons (Fsp3) is 0.800. The van der Waals surface area contributed by atoms with Crippen LogP contribution in [0.1, 0.15) is 19.3 Å². The van der Waals surface area contributed by atoms with E-state index in [1.165, 1.54) is 7.11 Å². The van der Waals surface area contributed by atoms with Crippen molar-refractivity contribution in [1.82, 2.24) is 4.90 Å². The number of amides is 1. The van der Waals surface area contributed by atoms with E-state index in [2.05, 4.69) is 4.74 Å². The lowest BCUT2D eigenvalue weighted by Crippen LogP contribution is -2.28. The molecule has 0 aromatic carbocycles. The molecule has 15 heavy (non-hydrogen) atoms. The average molecular weight is 217 g/mol. The van der Waals surface area contributed by atoms with E-state index < -0.39 is 0 Å². The van der Waals surface area contributed by atoms with Crippen molar-refractivity contribution < 1.29 is 19.1 Å². The molecule has 0 aliphatic heterocycles. The second kappa shape index (κ2) is 8.23. The molecule has 1 amide bonds. The van der Waals surface area contributed by atoms with Gasteiger partial charge in [0.1, 0.15) is 0 Å². The second-order valence-electron chi connectivity index (χ2n) is 3.24. The topological polar surface area (TPSA) is 55.8 Å². The van der Waals surface area contributed by atoms with Crippen molar-refractivity contribution in [3.8, 4) is 0 Å². The maximum atomic E-state index is 11.4. The van der Waals surface area contributed by atoms with Gasteiger partial charge >= 0.3 is 5.97 Å². The highest BCUT2D eigenvalue weighted by molar-refractivity contribution is 5.76. The van der Waals surface area contributed by atoms with E-state index in [0.29, 0.717) is 32.4 Å². The minimum atomic E-state index is -0.243. The molecule has 0 radical (unpaired) electrons. The molecule has 0 atom stereocenters. The van der Waals surface area contributed by atoms with Crippen LogP contribution < -0.4 is 0 Å². The first-order chi connectivity index (χ1) is 7.11. The van der Waals surface area contributed by atoms with E-state index in [-0.39, 0.29) is 11.9 Å². The molecule has 0 spiro atoms. The highest BCUT2D eigenvalue weighted by Gasteiger charge is 2.08. The molecule has 0 rings (SSSR count). The number of methoxy groups -OCH3 is 2. The maximum Gasteiger partial charge on any atom is 0.305 e. The van der Waals surface area contributed by atoms with Gasteiger partial charge in [-0.3, -0.25) is 9.59 Å². The molecule has 0 aromatic heterocycles. The van der Waals surface area contributed by atoms with Crippen LogP contribution in [0.2, 0.25) is 0 Å². The Hall–Kier alpha value is -1.10. The Bertz CT molecular complexity index is 206. The van der Waals surface area contributed by atoms with Crippen LogP contribution in [-0.2, 0) is 19.1 Å². The van der Waals surface area contributed by atoms with Crippen molar-refractivity contribution >= 4 is 11.9 Å². The first-order valence-electron chi connectivity index (χ1n) is 4.91. The summed E-state index contributed by atoms with van der Waals surface area (Å²) in [6, 6.07) is 0. The molecule has 0 aliphatic carbocycles. The number of esters is 1. The van der Waals surface area contributed by atoms with Gasteiger partial charge in [-0.2, -0.15) is 0 Å². The summed E-state index contributed by atoms with van der Waals surface area (Å²) < 4.78 is 9.30. The monoisotopic (exact) mass is 217 g/mol. The lowest BCUT2D eigenvalue weighted by atomic mass is 10.3. The summed E-state index contributed by atoms with van der Waals surface area (Å²) in [5.41, 5.74) is 0. The van der Waals surface area contributed by atoms with E-state index in [1.54, 1.807) is 19.1 Å². The third-order valence-electron chi connectivity index (χ3n) is 2.05. The number of carbonyl (C=O) groups is 2. The largest absolute Gasteiger partial charge is 0.469 e. The Morgan fingerprint density at radius 3 is 2.40 bits per heavy atom. The summed E-state index contributed by atoms with van der Waals surface area (Å²) in [5.74, 6) is -0.213. The number of carbonyl (C=O) groups excluding carboxylic acids is 2. The molecule has 0 heterocycles. The molecular weight excluding hydrogens is 198 g/mol. The van der Waals surface area contributed by atoms with Gasteiger partial charge in [-0.25, -0.2) is 0 Å². The highest BCUT2D eigenvalue weighted by Crippen LogP contribution is 1.97. The second-order valence-corrected chi connectivity index (χ2v) is 3.24. The van der Waals surface area contributed by atoms with Crippen LogP contribution in [0.4, 0.5) is 0 Å². The van der Waals surface area contributed by atoms with Gasteiger partial charge in [0.2, 0.25) is 5.91 Å². The lowest BCUT2D eigenvalue weighted by Gasteiger charge is -2.16. The van der Waals surface area contributed by atoms with Gasteiger partial charge < -0.3 is 14.4 Å². The van der Waals surface area contributed by atoms with Gasteiger partial charge in [-0.15, -0.1) is 0 Å². The summed E-state index contributed by atoms with van der Waals surface area (Å²) in [7, 11) is 4.63. The number of rotatable bonds is 7. The Balaban J connectivity index is 3.59. The molecule has 0 bridgehead atoms. The van der Waals surface area contributed by atoms with Gasteiger partial charge in [0.15, 0.2) is 0 Å². The smallest absolute Gasteiger partial charge is 0.305 e. The molecule has 5 heteroatoms. The van der Waals surface area contributed by atoms with E-state index in [9.17, 15) is 9.59 Å². The summed E-state index contributed by atoms with van der Waals surface area (Å²) >= 11 is 0. The minimum absolute atomic E-state index is 0.0294. The predicted octanol–water partition coefficient (Wildman–Crippen LogP) is 0.434. The van der Waals surface area contributed by atoms with Crippen LogP contribution >= 0.6 is 0 Å². The van der Waals surface area contributed by atoms with Crippen LogP contribution in [-0.4, -0.2) is 51.2 Å². The Kier molecular flexibility index (Phi) is 7.62. The molecule has 88 valence electrons. The Morgan fingerprint density at radius 1 is 1.20 bits per heavy atom. The van der Waals surface area contributed by atoms with Crippen LogP contribution in [0, 0.1) is 0 Å². The molecule has 0 aliphatic rings. The van der Waals surface area contributed by atoms with Crippen LogP contribution in [0.5, 0.6) is 0 Å². The fourth-order valence-electron chi connectivity index (χ4n) is 1.07. The van der Waals surface area contributed by atoms with Crippen molar-refractivity contribution in [3.63, 3.8) is 0 Å². The van der Waals surface area contributed by atoms with E-state index in [1.807, 2.05) is 0 Å². The van der Waals surface area contributed by atoms with Crippen molar-refractivity contribution in [1.29, 1.82) is 0 Å². The van der Waals surface area contributed by atoms with E-state index >= 15 is 0 Å². The predicted molar refractivity (Wildman–Crippen MR) is 55.4 cm³/mol. The Morgan fingerprint density at radius 2 is 1.87 bits per heavy atom.